The van der Waals surface area contributed by atoms with Gasteiger partial charge in [-0.3, -0.25) is 0 Å². The Morgan fingerprint density at radius 3 is 2.54 bits per heavy atom. The average molecular weight is 345 g/mol. The fourth-order valence-electron chi connectivity index (χ4n) is 2.76. The highest BCUT2D eigenvalue weighted by Gasteiger charge is 2.10. The largest absolute Gasteiger partial charge is 0.349 e. The molecule has 0 amide bonds. The van der Waals surface area contributed by atoms with E-state index in [9.17, 15) is 0 Å². The molecule has 0 spiro atoms. The fourth-order valence-corrected chi connectivity index (χ4v) is 2.76. The highest BCUT2D eigenvalue weighted by molar-refractivity contribution is 5.44. The summed E-state index contributed by atoms with van der Waals surface area (Å²) in [6.45, 7) is 4.62. The molecule has 0 fully saturated rings. The Morgan fingerprint density at radius 1 is 0.962 bits per heavy atom. The van der Waals surface area contributed by atoms with Crippen molar-refractivity contribution in [2.75, 3.05) is 5.32 Å². The van der Waals surface area contributed by atoms with E-state index < -0.39 is 0 Å². The number of hydrogen-bond donors (Lipinski definition) is 1. The third-order valence-electron chi connectivity index (χ3n) is 4.15. The monoisotopic (exact) mass is 345 g/mol. The molecule has 130 valence electrons. The zero-order valence-corrected chi connectivity index (χ0v) is 14.7. The molecule has 1 N–H and O–H groups in total. The Kier molecular flexibility index (Phi) is 4.18. The maximum Gasteiger partial charge on any atom is 0.248 e. The van der Waals surface area contributed by atoms with Crippen LogP contribution in [-0.2, 0) is 6.54 Å². The zero-order chi connectivity index (χ0) is 17.9. The molecule has 26 heavy (non-hydrogen) atoms. The molecule has 0 atom stereocenters. The number of aromatic nitrogens is 6. The van der Waals surface area contributed by atoms with Crippen LogP contribution < -0.4 is 5.32 Å². The number of nitrogens with one attached hydrogen (secondary N) is 1. The van der Waals surface area contributed by atoms with Crippen LogP contribution >= 0.6 is 0 Å². The second kappa shape index (κ2) is 6.79. The first-order valence-corrected chi connectivity index (χ1v) is 8.40. The van der Waals surface area contributed by atoms with Crippen LogP contribution in [0.5, 0.6) is 0 Å². The summed E-state index contributed by atoms with van der Waals surface area (Å²) in [6.07, 6.45) is 1.96. The van der Waals surface area contributed by atoms with Crippen LogP contribution in [-0.4, -0.2) is 30.0 Å². The first-order chi connectivity index (χ1) is 12.7. The summed E-state index contributed by atoms with van der Waals surface area (Å²) in [5, 5.41) is 19.8. The lowest BCUT2D eigenvalue weighted by molar-refractivity contribution is 0.788. The maximum absolute atomic E-state index is 4.50. The number of benzene rings is 2. The number of hydrogen-bond acceptors (Lipinski definition) is 5. The van der Waals surface area contributed by atoms with Gasteiger partial charge in [-0.15, -0.1) is 0 Å². The van der Waals surface area contributed by atoms with Gasteiger partial charge in [0.25, 0.3) is 0 Å². The van der Waals surface area contributed by atoms with Gasteiger partial charge in [0.2, 0.25) is 5.95 Å². The van der Waals surface area contributed by atoms with Crippen LogP contribution in [0.4, 0.5) is 5.95 Å². The second-order valence-corrected chi connectivity index (χ2v) is 6.13. The molecule has 0 bridgehead atoms. The molecule has 7 nitrogen and oxygen atoms in total. The number of para-hydroxylation sites is 1. The standard InChI is InChI=1S/C19H19N7/c1-14-7-9-17(10-8-14)26-19(21-23-24-26)20-13-16-5-3-4-6-18(16)25-12-11-15(2)22-25/h3-12H,13H2,1-2H3,(H,20,21,24). The van der Waals surface area contributed by atoms with Gasteiger partial charge in [0.05, 0.1) is 17.1 Å². The average Bonchev–Trinajstić information content (AvgIpc) is 3.30. The maximum atomic E-state index is 4.50. The van der Waals surface area contributed by atoms with E-state index in [1.165, 1.54) is 5.56 Å². The van der Waals surface area contributed by atoms with Crippen molar-refractivity contribution in [3.63, 3.8) is 0 Å². The van der Waals surface area contributed by atoms with E-state index in [0.29, 0.717) is 12.5 Å². The van der Waals surface area contributed by atoms with E-state index in [4.69, 9.17) is 0 Å². The van der Waals surface area contributed by atoms with E-state index in [-0.39, 0.29) is 0 Å². The van der Waals surface area contributed by atoms with Crippen LogP contribution in [0.1, 0.15) is 16.8 Å². The van der Waals surface area contributed by atoms with E-state index in [1.807, 2.05) is 66.3 Å². The van der Waals surface area contributed by atoms with Crippen molar-refractivity contribution in [2.45, 2.75) is 20.4 Å². The van der Waals surface area contributed by atoms with E-state index in [1.54, 1.807) is 4.68 Å². The molecule has 0 saturated heterocycles. The summed E-state index contributed by atoms with van der Waals surface area (Å²) < 4.78 is 3.58. The van der Waals surface area contributed by atoms with E-state index >= 15 is 0 Å². The number of anilines is 1. The molecule has 0 unspecified atom stereocenters. The van der Waals surface area contributed by atoms with Crippen LogP contribution in [0, 0.1) is 13.8 Å². The van der Waals surface area contributed by atoms with Gasteiger partial charge in [0, 0.05) is 12.7 Å². The molecule has 0 aliphatic rings. The summed E-state index contributed by atoms with van der Waals surface area (Å²) >= 11 is 0. The predicted molar refractivity (Wildman–Crippen MR) is 99.5 cm³/mol. The van der Waals surface area contributed by atoms with Crippen LogP contribution in [0.2, 0.25) is 0 Å². The van der Waals surface area contributed by atoms with Crippen molar-refractivity contribution in [2.24, 2.45) is 0 Å². The van der Waals surface area contributed by atoms with Crippen molar-refractivity contribution in [1.82, 2.24) is 30.0 Å². The molecule has 4 rings (SSSR count). The molecule has 2 aromatic heterocycles. The van der Waals surface area contributed by atoms with Gasteiger partial charge in [-0.1, -0.05) is 41.0 Å². The Balaban J connectivity index is 1.58. The lowest BCUT2D eigenvalue weighted by Gasteiger charge is -2.11. The highest BCUT2D eigenvalue weighted by Crippen LogP contribution is 2.17. The Hall–Kier alpha value is -3.48. The molecule has 0 radical (unpaired) electrons. The third kappa shape index (κ3) is 3.19. The SMILES string of the molecule is Cc1ccc(-n2nnnc2NCc2ccccc2-n2ccc(C)n2)cc1. The first-order valence-electron chi connectivity index (χ1n) is 8.40. The summed E-state index contributed by atoms with van der Waals surface area (Å²) in [6, 6.07) is 18.2. The van der Waals surface area contributed by atoms with Gasteiger partial charge in [-0.25, -0.2) is 4.68 Å². The molecule has 0 aliphatic carbocycles. The Morgan fingerprint density at radius 2 is 1.77 bits per heavy atom. The van der Waals surface area contributed by atoms with E-state index in [2.05, 4.69) is 38.9 Å². The predicted octanol–water partition coefficient (Wildman–Crippen LogP) is 3.08. The number of tetrazole rings is 1. The lowest BCUT2D eigenvalue weighted by Crippen LogP contribution is -2.10. The highest BCUT2D eigenvalue weighted by atomic mass is 15.6. The van der Waals surface area contributed by atoms with Gasteiger partial charge >= 0.3 is 0 Å². The van der Waals surface area contributed by atoms with Crippen LogP contribution in [0.15, 0.2) is 60.8 Å². The molecular weight excluding hydrogens is 326 g/mol. The zero-order valence-electron chi connectivity index (χ0n) is 14.7. The quantitative estimate of drug-likeness (QED) is 0.602. The van der Waals surface area contributed by atoms with Gasteiger partial charge in [-0.2, -0.15) is 9.78 Å². The van der Waals surface area contributed by atoms with Crippen molar-refractivity contribution in [3.05, 3.63) is 77.6 Å². The van der Waals surface area contributed by atoms with Gasteiger partial charge in [-0.05, 0) is 54.1 Å². The molecule has 4 aromatic rings. The number of nitrogens with zero attached hydrogens (tertiary/aromatic N) is 6. The first kappa shape index (κ1) is 16.0. The molecule has 2 aromatic carbocycles. The molecule has 0 saturated carbocycles. The summed E-state index contributed by atoms with van der Waals surface area (Å²) in [5.74, 6) is 0.598. The van der Waals surface area contributed by atoms with Crippen molar-refractivity contribution < 1.29 is 0 Å². The van der Waals surface area contributed by atoms with Crippen LogP contribution in [0.25, 0.3) is 11.4 Å². The van der Waals surface area contributed by atoms with Gasteiger partial charge in [0.15, 0.2) is 0 Å². The normalized spacial score (nSPS) is 10.8. The summed E-state index contributed by atoms with van der Waals surface area (Å²) in [7, 11) is 0. The third-order valence-corrected chi connectivity index (χ3v) is 4.15. The number of aryl methyl sites for hydroxylation is 2. The molecule has 0 aliphatic heterocycles. The minimum atomic E-state index is 0.585. The minimum Gasteiger partial charge on any atom is -0.349 e. The van der Waals surface area contributed by atoms with E-state index in [0.717, 1.165) is 22.6 Å². The minimum absolute atomic E-state index is 0.585. The summed E-state index contributed by atoms with van der Waals surface area (Å²) in [4.78, 5) is 0. The van der Waals surface area contributed by atoms with Gasteiger partial charge < -0.3 is 5.32 Å². The molecule has 7 heteroatoms. The van der Waals surface area contributed by atoms with Crippen molar-refractivity contribution in [3.8, 4) is 11.4 Å². The second-order valence-electron chi connectivity index (χ2n) is 6.13. The number of rotatable bonds is 5. The smallest absolute Gasteiger partial charge is 0.248 e. The Labute approximate surface area is 151 Å². The topological polar surface area (TPSA) is 73.5 Å². The molecular formula is C19H19N7. The van der Waals surface area contributed by atoms with Crippen molar-refractivity contribution in [1.29, 1.82) is 0 Å². The fraction of sp³-hybridized carbons (Fsp3) is 0.158. The summed E-state index contributed by atoms with van der Waals surface area (Å²) in [5.41, 5.74) is 5.23. The van der Waals surface area contributed by atoms with Crippen molar-refractivity contribution >= 4 is 5.95 Å². The Bertz CT molecular complexity index is 1010. The van der Waals surface area contributed by atoms with Gasteiger partial charge in [0.1, 0.15) is 0 Å². The molecule has 2 heterocycles. The van der Waals surface area contributed by atoms with Crippen LogP contribution in [0.3, 0.4) is 0 Å². The lowest BCUT2D eigenvalue weighted by atomic mass is 10.2.